The van der Waals surface area contributed by atoms with E-state index in [1.807, 2.05) is 12.1 Å². The fourth-order valence-corrected chi connectivity index (χ4v) is 4.74. The molecule has 0 amide bonds. The van der Waals surface area contributed by atoms with E-state index in [-0.39, 0.29) is 0 Å². The summed E-state index contributed by atoms with van der Waals surface area (Å²) in [7, 11) is 0. The van der Waals surface area contributed by atoms with E-state index < -0.39 is 0 Å². The quantitative estimate of drug-likeness (QED) is 0.418. The zero-order valence-electron chi connectivity index (χ0n) is 11.8. The molecule has 23 heavy (non-hydrogen) atoms. The molecule has 6 aromatic rings. The van der Waals surface area contributed by atoms with Gasteiger partial charge in [0, 0.05) is 31.8 Å². The maximum absolute atomic E-state index is 5.11. The van der Waals surface area contributed by atoms with Crippen molar-refractivity contribution in [2.45, 2.75) is 0 Å². The van der Waals surface area contributed by atoms with Gasteiger partial charge in [0.15, 0.2) is 0 Å². The van der Waals surface area contributed by atoms with Crippen molar-refractivity contribution in [2.24, 2.45) is 0 Å². The van der Waals surface area contributed by atoms with Gasteiger partial charge >= 0.3 is 0 Å². The second-order valence-corrected chi connectivity index (χ2v) is 6.74. The van der Waals surface area contributed by atoms with Crippen LogP contribution in [0.25, 0.3) is 53.0 Å². The Labute approximate surface area is 133 Å². The number of thiophene rings is 1. The number of nitrogens with zero attached hydrogens (tertiary/aromatic N) is 2. The second-order valence-electron chi connectivity index (χ2n) is 5.68. The molecule has 3 heterocycles. The fourth-order valence-electron chi connectivity index (χ4n) is 3.53. The summed E-state index contributed by atoms with van der Waals surface area (Å²) in [5, 5.41) is 13.0. The Balaban J connectivity index is 2.07. The van der Waals surface area contributed by atoms with Crippen LogP contribution in [-0.4, -0.2) is 15.3 Å². The van der Waals surface area contributed by atoms with Crippen LogP contribution < -0.4 is 0 Å². The normalized spacial score (nSPS) is 12.3. The lowest BCUT2D eigenvalue weighted by molar-refractivity contribution is 0.316. The van der Waals surface area contributed by atoms with Crippen LogP contribution in [0.1, 0.15) is 0 Å². The highest BCUT2D eigenvalue weighted by Crippen LogP contribution is 2.44. The maximum Gasteiger partial charge on any atom is 0.145 e. The number of aromatic nitrogens is 3. The summed E-state index contributed by atoms with van der Waals surface area (Å²) < 4.78 is 7.57. The molecule has 0 aliphatic rings. The van der Waals surface area contributed by atoms with Crippen molar-refractivity contribution < 1.29 is 4.63 Å². The van der Waals surface area contributed by atoms with Crippen molar-refractivity contribution in [3.63, 3.8) is 0 Å². The highest BCUT2D eigenvalue weighted by atomic mass is 32.1. The Kier molecular flexibility index (Phi) is 1.96. The van der Waals surface area contributed by atoms with Crippen LogP contribution in [0, 0.1) is 0 Å². The van der Waals surface area contributed by atoms with E-state index in [2.05, 4.69) is 51.7 Å². The van der Waals surface area contributed by atoms with Crippen LogP contribution in [0.3, 0.4) is 0 Å². The first-order chi connectivity index (χ1) is 11.4. The third-order valence-electron chi connectivity index (χ3n) is 4.49. The van der Waals surface area contributed by atoms with Crippen LogP contribution >= 0.6 is 11.3 Å². The molecule has 3 aromatic carbocycles. The average molecular weight is 315 g/mol. The van der Waals surface area contributed by atoms with E-state index in [4.69, 9.17) is 4.63 Å². The molecule has 0 saturated heterocycles. The molecule has 0 fully saturated rings. The van der Waals surface area contributed by atoms with Crippen molar-refractivity contribution >= 4 is 64.3 Å². The highest BCUT2D eigenvalue weighted by Gasteiger charge is 2.20. The van der Waals surface area contributed by atoms with E-state index >= 15 is 0 Å². The number of benzene rings is 3. The Morgan fingerprint density at radius 1 is 0.826 bits per heavy atom. The van der Waals surface area contributed by atoms with Crippen LogP contribution in [0.2, 0.25) is 0 Å². The lowest BCUT2D eigenvalue weighted by atomic mass is 10.1. The Morgan fingerprint density at radius 2 is 1.57 bits per heavy atom. The lowest BCUT2D eigenvalue weighted by Gasteiger charge is -1.95. The third kappa shape index (κ3) is 1.31. The van der Waals surface area contributed by atoms with Crippen molar-refractivity contribution in [3.05, 3.63) is 48.5 Å². The average Bonchev–Trinajstić information content (AvgIpc) is 3.28. The predicted molar refractivity (Wildman–Crippen MR) is 94.1 cm³/mol. The van der Waals surface area contributed by atoms with Gasteiger partial charge in [0.2, 0.25) is 0 Å². The molecule has 108 valence electrons. The van der Waals surface area contributed by atoms with Gasteiger partial charge in [-0.3, -0.25) is 0 Å². The number of hydrogen-bond donors (Lipinski definition) is 1. The van der Waals surface area contributed by atoms with Gasteiger partial charge in [-0.05, 0) is 22.4 Å². The first kappa shape index (κ1) is 11.6. The van der Waals surface area contributed by atoms with Gasteiger partial charge in [-0.2, -0.15) is 0 Å². The lowest BCUT2D eigenvalue weighted by Crippen LogP contribution is -1.76. The van der Waals surface area contributed by atoms with Crippen molar-refractivity contribution in [2.75, 3.05) is 0 Å². The Hall–Kier alpha value is -2.92. The first-order valence-electron chi connectivity index (χ1n) is 7.38. The van der Waals surface area contributed by atoms with E-state index in [0.717, 1.165) is 38.2 Å². The van der Waals surface area contributed by atoms with E-state index in [0.29, 0.717) is 0 Å². The molecule has 0 unspecified atom stereocenters. The van der Waals surface area contributed by atoms with Crippen molar-refractivity contribution in [1.29, 1.82) is 0 Å². The third-order valence-corrected chi connectivity index (χ3v) is 5.68. The summed E-state index contributed by atoms with van der Waals surface area (Å²) in [5.41, 5.74) is 3.89. The summed E-state index contributed by atoms with van der Waals surface area (Å²) in [6.45, 7) is 0. The van der Waals surface area contributed by atoms with Gasteiger partial charge in [-0.25, -0.2) is 4.63 Å². The van der Waals surface area contributed by atoms with Gasteiger partial charge in [0.05, 0.1) is 10.2 Å². The summed E-state index contributed by atoms with van der Waals surface area (Å²) in [5.74, 6) is 0. The predicted octanol–water partition coefficient (Wildman–Crippen LogP) is 5.23. The maximum atomic E-state index is 5.11. The second kappa shape index (κ2) is 3.88. The van der Waals surface area contributed by atoms with E-state index in [9.17, 15) is 0 Å². The van der Waals surface area contributed by atoms with Gasteiger partial charge < -0.3 is 4.98 Å². The minimum atomic E-state index is 0.827. The molecule has 0 atom stereocenters. The minimum absolute atomic E-state index is 0.827. The molecule has 4 nitrogen and oxygen atoms in total. The topological polar surface area (TPSA) is 54.7 Å². The van der Waals surface area contributed by atoms with Gasteiger partial charge in [0.1, 0.15) is 11.0 Å². The molecule has 0 bridgehead atoms. The van der Waals surface area contributed by atoms with E-state index in [1.54, 1.807) is 11.3 Å². The molecule has 0 aliphatic heterocycles. The van der Waals surface area contributed by atoms with Gasteiger partial charge in [0.25, 0.3) is 0 Å². The molecular weight excluding hydrogens is 306 g/mol. The molecule has 6 rings (SSSR count). The molecule has 3 aromatic heterocycles. The fraction of sp³-hybridized carbons (Fsp3) is 0. The largest absolute Gasteiger partial charge is 0.353 e. The zero-order valence-corrected chi connectivity index (χ0v) is 12.6. The number of H-pyrrole nitrogens is 1. The monoisotopic (exact) mass is 315 g/mol. The molecule has 1 N–H and O–H groups in total. The summed E-state index contributed by atoms with van der Waals surface area (Å²) in [6, 6.07) is 16.7. The summed E-state index contributed by atoms with van der Waals surface area (Å²) in [4.78, 5) is 3.56. The highest BCUT2D eigenvalue weighted by molar-refractivity contribution is 7.26. The summed E-state index contributed by atoms with van der Waals surface area (Å²) >= 11 is 1.78. The Bertz CT molecular complexity index is 1270. The number of rotatable bonds is 0. The number of nitrogens with one attached hydrogen (secondary N) is 1. The smallest absolute Gasteiger partial charge is 0.145 e. The molecule has 0 spiro atoms. The Morgan fingerprint density at radius 3 is 2.48 bits per heavy atom. The molecule has 0 aliphatic carbocycles. The van der Waals surface area contributed by atoms with Crippen molar-refractivity contribution in [1.82, 2.24) is 15.3 Å². The van der Waals surface area contributed by atoms with Crippen LogP contribution in [0.5, 0.6) is 0 Å². The van der Waals surface area contributed by atoms with Crippen molar-refractivity contribution in [3.8, 4) is 0 Å². The van der Waals surface area contributed by atoms with Crippen LogP contribution in [-0.2, 0) is 0 Å². The van der Waals surface area contributed by atoms with Gasteiger partial charge in [-0.1, -0.05) is 36.4 Å². The molecule has 0 saturated carbocycles. The standard InChI is InChI=1S/C18H9N3OS/c1-3-7-11-9(5-1)13-15-16(21-22-20-15)14-10-6-2-4-8-12(10)23-18(14)17(13)19-11/h1-8,19H. The number of aromatic amines is 1. The van der Waals surface area contributed by atoms with Crippen LogP contribution in [0.4, 0.5) is 0 Å². The number of fused-ring (bicyclic) bond motifs is 10. The zero-order chi connectivity index (χ0) is 15.0. The van der Waals surface area contributed by atoms with E-state index in [1.165, 1.54) is 14.8 Å². The minimum Gasteiger partial charge on any atom is -0.353 e. The van der Waals surface area contributed by atoms with Gasteiger partial charge in [-0.15, -0.1) is 11.3 Å². The van der Waals surface area contributed by atoms with Crippen LogP contribution in [0.15, 0.2) is 53.2 Å². The number of para-hydroxylation sites is 1. The first-order valence-corrected chi connectivity index (χ1v) is 8.19. The molecule has 5 heteroatoms. The molecular formula is C18H9N3OS. The number of hydrogen-bond acceptors (Lipinski definition) is 4. The molecule has 0 radical (unpaired) electrons. The SMILES string of the molecule is c1ccc2c(c1)[nH]c1c3sc4ccccc4c3c3nonc3c21. The summed E-state index contributed by atoms with van der Waals surface area (Å²) in [6.07, 6.45) is 0.